The van der Waals surface area contributed by atoms with E-state index in [0.29, 0.717) is 5.92 Å². The van der Waals surface area contributed by atoms with E-state index in [0.717, 1.165) is 11.4 Å². The standard InChI is InChI=1S/C33H27N/c1-23(2)25-17-19-30-26(21-25)15-16-27-22-29(18-20-31(27)30)34(28-11-4-3-5-12-28)33-14-8-10-24-9-6-7-13-32(24)33/h3-23H,1-2H3. The summed E-state index contributed by atoms with van der Waals surface area (Å²) >= 11 is 0. The Morgan fingerprint density at radius 3 is 1.94 bits per heavy atom. The maximum atomic E-state index is 2.37. The summed E-state index contributed by atoms with van der Waals surface area (Å²) in [6.45, 7) is 4.50. The lowest BCUT2D eigenvalue weighted by molar-refractivity contribution is 0.869. The Labute approximate surface area is 200 Å². The van der Waals surface area contributed by atoms with Crippen molar-refractivity contribution < 1.29 is 0 Å². The van der Waals surface area contributed by atoms with Crippen molar-refractivity contribution in [3.8, 4) is 0 Å². The summed E-state index contributed by atoms with van der Waals surface area (Å²) in [5.74, 6) is 0.530. The van der Waals surface area contributed by atoms with Gasteiger partial charge in [0.15, 0.2) is 0 Å². The topological polar surface area (TPSA) is 3.24 Å². The molecule has 0 spiro atoms. The first kappa shape index (κ1) is 20.5. The van der Waals surface area contributed by atoms with Gasteiger partial charge in [-0.05, 0) is 68.7 Å². The minimum Gasteiger partial charge on any atom is -0.310 e. The molecule has 34 heavy (non-hydrogen) atoms. The van der Waals surface area contributed by atoms with Gasteiger partial charge in [-0.3, -0.25) is 0 Å². The zero-order valence-electron chi connectivity index (χ0n) is 19.6. The van der Waals surface area contributed by atoms with Crippen LogP contribution >= 0.6 is 0 Å². The lowest BCUT2D eigenvalue weighted by Crippen LogP contribution is -2.10. The van der Waals surface area contributed by atoms with Gasteiger partial charge in [0.1, 0.15) is 0 Å². The lowest BCUT2D eigenvalue weighted by atomic mass is 9.96. The Morgan fingerprint density at radius 1 is 0.471 bits per heavy atom. The largest absolute Gasteiger partial charge is 0.310 e. The summed E-state index contributed by atoms with van der Waals surface area (Å²) in [6.07, 6.45) is 0. The summed E-state index contributed by atoms with van der Waals surface area (Å²) in [5, 5.41) is 7.65. The number of rotatable bonds is 4. The van der Waals surface area contributed by atoms with Gasteiger partial charge in [-0.15, -0.1) is 0 Å². The van der Waals surface area contributed by atoms with Crippen molar-refractivity contribution in [3.63, 3.8) is 0 Å². The average Bonchev–Trinajstić information content (AvgIpc) is 2.89. The highest BCUT2D eigenvalue weighted by Crippen LogP contribution is 2.40. The molecule has 0 saturated carbocycles. The highest BCUT2D eigenvalue weighted by molar-refractivity contribution is 6.09. The Balaban J connectivity index is 1.56. The van der Waals surface area contributed by atoms with Crippen LogP contribution in [0.3, 0.4) is 0 Å². The summed E-state index contributed by atoms with van der Waals surface area (Å²) in [7, 11) is 0. The van der Waals surface area contributed by atoms with Crippen molar-refractivity contribution in [2.45, 2.75) is 19.8 Å². The third-order valence-corrected chi connectivity index (χ3v) is 6.79. The van der Waals surface area contributed by atoms with Crippen LogP contribution in [0.5, 0.6) is 0 Å². The number of fused-ring (bicyclic) bond motifs is 4. The van der Waals surface area contributed by atoms with E-state index in [9.17, 15) is 0 Å². The van der Waals surface area contributed by atoms with E-state index >= 15 is 0 Å². The van der Waals surface area contributed by atoms with Crippen LogP contribution in [0.1, 0.15) is 25.3 Å². The number of anilines is 3. The second-order valence-corrected chi connectivity index (χ2v) is 9.28. The summed E-state index contributed by atoms with van der Waals surface area (Å²) in [6, 6.07) is 44.1. The lowest BCUT2D eigenvalue weighted by Gasteiger charge is -2.27. The van der Waals surface area contributed by atoms with Gasteiger partial charge in [0.2, 0.25) is 0 Å². The third-order valence-electron chi connectivity index (χ3n) is 6.79. The number of benzene rings is 6. The Kier molecular flexibility index (Phi) is 5.04. The van der Waals surface area contributed by atoms with Crippen LogP contribution in [0.2, 0.25) is 0 Å². The van der Waals surface area contributed by atoms with Gasteiger partial charge in [-0.2, -0.15) is 0 Å². The maximum Gasteiger partial charge on any atom is 0.0540 e. The molecule has 0 atom stereocenters. The number of hydrogen-bond acceptors (Lipinski definition) is 1. The first-order valence-electron chi connectivity index (χ1n) is 12.0. The number of hydrogen-bond donors (Lipinski definition) is 0. The zero-order valence-corrected chi connectivity index (χ0v) is 19.6. The molecule has 6 aromatic carbocycles. The van der Waals surface area contributed by atoms with Gasteiger partial charge in [0.05, 0.1) is 5.69 Å². The fraction of sp³-hybridized carbons (Fsp3) is 0.0909. The van der Waals surface area contributed by atoms with Crippen LogP contribution in [0, 0.1) is 0 Å². The van der Waals surface area contributed by atoms with E-state index in [4.69, 9.17) is 0 Å². The van der Waals surface area contributed by atoms with Crippen LogP contribution in [0.25, 0.3) is 32.3 Å². The molecule has 0 bridgehead atoms. The normalized spacial score (nSPS) is 11.5. The molecule has 6 aromatic rings. The molecular weight excluding hydrogens is 410 g/mol. The van der Waals surface area contributed by atoms with Gasteiger partial charge < -0.3 is 4.90 Å². The average molecular weight is 438 g/mol. The van der Waals surface area contributed by atoms with Crippen molar-refractivity contribution in [1.82, 2.24) is 0 Å². The van der Waals surface area contributed by atoms with Crippen molar-refractivity contribution in [3.05, 3.63) is 127 Å². The fourth-order valence-electron chi connectivity index (χ4n) is 4.98. The van der Waals surface area contributed by atoms with E-state index in [2.05, 4.69) is 140 Å². The molecule has 1 nitrogen and oxygen atoms in total. The molecule has 0 aromatic heterocycles. The molecule has 0 unspecified atom stereocenters. The molecule has 164 valence electrons. The first-order valence-corrected chi connectivity index (χ1v) is 12.0. The first-order chi connectivity index (χ1) is 16.7. The Morgan fingerprint density at radius 2 is 1.15 bits per heavy atom. The maximum absolute atomic E-state index is 2.37. The highest BCUT2D eigenvalue weighted by atomic mass is 15.1. The molecule has 0 fully saturated rings. The Hall–Kier alpha value is -4.10. The molecule has 0 heterocycles. The SMILES string of the molecule is CC(C)c1ccc2c(ccc3cc(N(c4ccccc4)c4cccc5ccccc45)ccc32)c1. The molecule has 0 N–H and O–H groups in total. The number of nitrogens with zero attached hydrogens (tertiary/aromatic N) is 1. The minimum atomic E-state index is 0.530. The van der Waals surface area contributed by atoms with E-state index in [1.807, 2.05) is 0 Å². The van der Waals surface area contributed by atoms with E-state index in [1.54, 1.807) is 0 Å². The zero-order chi connectivity index (χ0) is 23.1. The van der Waals surface area contributed by atoms with E-state index in [1.165, 1.54) is 43.6 Å². The van der Waals surface area contributed by atoms with Gasteiger partial charge in [-0.25, -0.2) is 0 Å². The summed E-state index contributed by atoms with van der Waals surface area (Å²) in [5.41, 5.74) is 4.88. The van der Waals surface area contributed by atoms with E-state index < -0.39 is 0 Å². The summed E-state index contributed by atoms with van der Waals surface area (Å²) in [4.78, 5) is 2.37. The molecule has 0 amide bonds. The van der Waals surface area contributed by atoms with Crippen LogP contribution in [0.4, 0.5) is 17.1 Å². The second-order valence-electron chi connectivity index (χ2n) is 9.28. The third kappa shape index (κ3) is 3.50. The van der Waals surface area contributed by atoms with Gasteiger partial charge in [0, 0.05) is 16.8 Å². The Bertz CT molecular complexity index is 1620. The smallest absolute Gasteiger partial charge is 0.0540 e. The molecule has 0 aliphatic rings. The van der Waals surface area contributed by atoms with Crippen LogP contribution < -0.4 is 4.90 Å². The van der Waals surface area contributed by atoms with E-state index in [-0.39, 0.29) is 0 Å². The van der Waals surface area contributed by atoms with Crippen molar-refractivity contribution in [2.75, 3.05) is 4.90 Å². The van der Waals surface area contributed by atoms with Crippen LogP contribution in [-0.4, -0.2) is 0 Å². The predicted molar refractivity (Wildman–Crippen MR) is 148 cm³/mol. The fourth-order valence-corrected chi connectivity index (χ4v) is 4.98. The molecule has 1 heteroatoms. The molecular formula is C33H27N. The predicted octanol–water partition coefficient (Wildman–Crippen LogP) is 9.74. The second kappa shape index (κ2) is 8.35. The van der Waals surface area contributed by atoms with Crippen molar-refractivity contribution in [2.24, 2.45) is 0 Å². The molecule has 0 radical (unpaired) electrons. The number of para-hydroxylation sites is 1. The highest BCUT2D eigenvalue weighted by Gasteiger charge is 2.16. The van der Waals surface area contributed by atoms with Gasteiger partial charge in [0.25, 0.3) is 0 Å². The summed E-state index contributed by atoms with van der Waals surface area (Å²) < 4.78 is 0. The van der Waals surface area contributed by atoms with Crippen LogP contribution in [-0.2, 0) is 0 Å². The quantitative estimate of drug-likeness (QED) is 0.248. The van der Waals surface area contributed by atoms with Crippen molar-refractivity contribution in [1.29, 1.82) is 0 Å². The molecule has 0 aliphatic carbocycles. The molecule has 6 rings (SSSR count). The molecule has 0 saturated heterocycles. The van der Waals surface area contributed by atoms with Crippen molar-refractivity contribution >= 4 is 49.4 Å². The van der Waals surface area contributed by atoms with Gasteiger partial charge in [-0.1, -0.05) is 105 Å². The monoisotopic (exact) mass is 437 g/mol. The molecule has 0 aliphatic heterocycles. The van der Waals surface area contributed by atoms with Crippen LogP contribution in [0.15, 0.2) is 121 Å². The minimum absolute atomic E-state index is 0.530. The van der Waals surface area contributed by atoms with Gasteiger partial charge >= 0.3 is 0 Å².